The summed E-state index contributed by atoms with van der Waals surface area (Å²) in [5.41, 5.74) is 0. The van der Waals surface area contributed by atoms with Crippen LogP contribution in [0.3, 0.4) is 0 Å². The second-order valence-corrected chi connectivity index (χ2v) is 5.63. The second kappa shape index (κ2) is 15.0. The predicted octanol–water partition coefficient (Wildman–Crippen LogP) is 0.304. The maximum atomic E-state index is 11.9. The fraction of sp³-hybridized carbons (Fsp3) is 0.750. The van der Waals surface area contributed by atoms with Crippen LogP contribution in [-0.2, 0) is 38.9 Å². The van der Waals surface area contributed by atoms with E-state index in [4.69, 9.17) is 0 Å². The van der Waals surface area contributed by atoms with Gasteiger partial charge in [-0.2, -0.15) is 10.1 Å². The smallest absolute Gasteiger partial charge is 0.245 e. The Bertz CT molecular complexity index is 475. The lowest BCUT2D eigenvalue weighted by Crippen LogP contribution is -2.37. The Morgan fingerprint density at radius 2 is 1.44 bits per heavy atom. The molecule has 0 rings (SSSR count). The molecule has 0 aromatic rings. The molecular formula is C16H29N3O8. The zero-order valence-corrected chi connectivity index (χ0v) is 16.3. The molecule has 156 valence electrons. The Morgan fingerprint density at radius 1 is 0.926 bits per heavy atom. The fourth-order valence-corrected chi connectivity index (χ4v) is 2.12. The van der Waals surface area contributed by atoms with Gasteiger partial charge in [-0.25, -0.2) is 9.78 Å². The van der Waals surface area contributed by atoms with E-state index in [9.17, 15) is 19.2 Å². The third-order valence-corrected chi connectivity index (χ3v) is 3.43. The molecule has 0 aromatic heterocycles. The third-order valence-electron chi connectivity index (χ3n) is 3.43. The number of rotatable bonds is 15. The van der Waals surface area contributed by atoms with Crippen LogP contribution in [0.2, 0.25) is 0 Å². The molecule has 0 aromatic carbocycles. The molecule has 0 heterocycles. The Balaban J connectivity index is 4.10. The predicted molar refractivity (Wildman–Crippen MR) is 92.0 cm³/mol. The minimum absolute atomic E-state index is 0.204. The van der Waals surface area contributed by atoms with E-state index >= 15 is 0 Å². The minimum atomic E-state index is -0.653. The number of carbonyl (C=O) groups is 4. The topological polar surface area (TPSA) is 124 Å². The zero-order chi connectivity index (χ0) is 20.7. The van der Waals surface area contributed by atoms with Crippen molar-refractivity contribution >= 4 is 24.0 Å². The van der Waals surface area contributed by atoms with E-state index in [0.717, 1.165) is 10.1 Å². The molecule has 11 nitrogen and oxygen atoms in total. The van der Waals surface area contributed by atoms with Gasteiger partial charge in [0.05, 0.1) is 33.4 Å². The maximum absolute atomic E-state index is 11.9. The van der Waals surface area contributed by atoms with Gasteiger partial charge in [-0.1, -0.05) is 0 Å². The summed E-state index contributed by atoms with van der Waals surface area (Å²) in [4.78, 5) is 63.8. The Labute approximate surface area is 158 Å². The molecule has 3 amide bonds. The van der Waals surface area contributed by atoms with Crippen LogP contribution in [-0.4, -0.2) is 67.5 Å². The van der Waals surface area contributed by atoms with Gasteiger partial charge in [0, 0.05) is 20.3 Å². The van der Waals surface area contributed by atoms with Gasteiger partial charge in [0.15, 0.2) is 0 Å². The molecule has 0 bridgehead atoms. The molecule has 0 spiro atoms. The van der Waals surface area contributed by atoms with Crippen LogP contribution in [0.4, 0.5) is 0 Å². The summed E-state index contributed by atoms with van der Waals surface area (Å²) in [6, 6.07) is -0.653. The van der Waals surface area contributed by atoms with Crippen molar-refractivity contribution in [1.82, 2.24) is 15.4 Å². The lowest BCUT2D eigenvalue weighted by atomic mass is 10.1. The molecule has 0 fully saturated rings. The van der Waals surface area contributed by atoms with Gasteiger partial charge < -0.3 is 10.1 Å². The standard InChI is InChI=1S/C16H29N3O8/c1-13(21)18(26-24-3)10-6-5-9-16(23)17-15(12-20)8-7-11-19(14(2)22)27-25-4/h12,15H,5-11H2,1-4H3,(H,17,23). The number of hydrogen-bond acceptors (Lipinski definition) is 8. The summed E-state index contributed by atoms with van der Waals surface area (Å²) in [5, 5.41) is 4.69. The molecule has 0 saturated heterocycles. The second-order valence-electron chi connectivity index (χ2n) is 5.63. The van der Waals surface area contributed by atoms with Gasteiger partial charge in [0.25, 0.3) is 0 Å². The van der Waals surface area contributed by atoms with E-state index in [1.807, 2.05) is 0 Å². The van der Waals surface area contributed by atoms with Crippen LogP contribution in [0.5, 0.6) is 0 Å². The first kappa shape index (κ1) is 24.9. The summed E-state index contributed by atoms with van der Waals surface area (Å²) in [6.45, 7) is 3.17. The molecule has 0 aliphatic carbocycles. The highest BCUT2D eigenvalue weighted by atomic mass is 17.3. The molecule has 11 heteroatoms. The summed E-state index contributed by atoms with van der Waals surface area (Å²) < 4.78 is 0. The van der Waals surface area contributed by atoms with Crippen molar-refractivity contribution in [3.8, 4) is 0 Å². The van der Waals surface area contributed by atoms with Crippen molar-refractivity contribution in [2.75, 3.05) is 27.3 Å². The van der Waals surface area contributed by atoms with Crippen molar-refractivity contribution in [3.05, 3.63) is 0 Å². The quantitative estimate of drug-likeness (QED) is 0.183. The van der Waals surface area contributed by atoms with Gasteiger partial charge in [-0.3, -0.25) is 14.4 Å². The van der Waals surface area contributed by atoms with Gasteiger partial charge in [-0.15, -0.1) is 9.98 Å². The highest BCUT2D eigenvalue weighted by molar-refractivity contribution is 5.79. The van der Waals surface area contributed by atoms with Crippen LogP contribution < -0.4 is 5.32 Å². The van der Waals surface area contributed by atoms with E-state index in [2.05, 4.69) is 25.1 Å². The van der Waals surface area contributed by atoms with Gasteiger partial charge in [0.2, 0.25) is 17.7 Å². The number of hydroxylamine groups is 4. The summed E-state index contributed by atoms with van der Waals surface area (Å²) in [6.07, 6.45) is 2.69. The highest BCUT2D eigenvalue weighted by Crippen LogP contribution is 2.04. The van der Waals surface area contributed by atoms with Crippen molar-refractivity contribution in [1.29, 1.82) is 0 Å². The van der Waals surface area contributed by atoms with Crippen LogP contribution in [0, 0.1) is 0 Å². The van der Waals surface area contributed by atoms with Crippen LogP contribution in [0.15, 0.2) is 0 Å². The summed E-state index contributed by atoms with van der Waals surface area (Å²) in [7, 11) is 2.57. The van der Waals surface area contributed by atoms with Crippen LogP contribution in [0.25, 0.3) is 0 Å². The molecule has 27 heavy (non-hydrogen) atoms. The van der Waals surface area contributed by atoms with Crippen LogP contribution in [0.1, 0.15) is 46.0 Å². The molecule has 0 aliphatic heterocycles. The average molecular weight is 391 g/mol. The Kier molecular flexibility index (Phi) is 13.9. The number of aldehydes is 1. The van der Waals surface area contributed by atoms with E-state index in [-0.39, 0.29) is 37.2 Å². The van der Waals surface area contributed by atoms with Gasteiger partial charge in [0.1, 0.15) is 6.29 Å². The fourth-order valence-electron chi connectivity index (χ4n) is 2.12. The van der Waals surface area contributed by atoms with Crippen molar-refractivity contribution < 1.29 is 38.9 Å². The van der Waals surface area contributed by atoms with Crippen molar-refractivity contribution in [3.63, 3.8) is 0 Å². The number of nitrogens with one attached hydrogen (secondary N) is 1. The normalized spacial score (nSPS) is 11.6. The van der Waals surface area contributed by atoms with E-state index in [1.54, 1.807) is 0 Å². The molecule has 1 N–H and O–H groups in total. The molecular weight excluding hydrogens is 362 g/mol. The van der Waals surface area contributed by atoms with Crippen molar-refractivity contribution in [2.24, 2.45) is 0 Å². The molecule has 0 aliphatic rings. The molecule has 0 radical (unpaired) electrons. The largest absolute Gasteiger partial charge is 0.347 e. The minimum Gasteiger partial charge on any atom is -0.347 e. The maximum Gasteiger partial charge on any atom is 0.245 e. The number of nitrogens with zero attached hydrogens (tertiary/aromatic N) is 2. The van der Waals surface area contributed by atoms with E-state index < -0.39 is 6.04 Å². The first-order valence-electron chi connectivity index (χ1n) is 8.58. The van der Waals surface area contributed by atoms with E-state index in [1.165, 1.54) is 28.1 Å². The molecule has 1 atom stereocenters. The number of hydrogen-bond donors (Lipinski definition) is 1. The SMILES string of the molecule is COON(CCCCC(=O)NC(C=O)CCCN(OOC)C(C)=O)C(C)=O. The molecule has 1 unspecified atom stereocenters. The zero-order valence-electron chi connectivity index (χ0n) is 16.3. The number of carbonyl (C=O) groups excluding carboxylic acids is 4. The monoisotopic (exact) mass is 391 g/mol. The van der Waals surface area contributed by atoms with Gasteiger partial charge in [-0.05, 0) is 25.7 Å². The first-order chi connectivity index (χ1) is 12.8. The number of unbranched alkanes of at least 4 members (excludes halogenated alkanes) is 1. The first-order valence-corrected chi connectivity index (χ1v) is 8.58. The lowest BCUT2D eigenvalue weighted by molar-refractivity contribution is -0.396. The summed E-state index contributed by atoms with van der Waals surface area (Å²) >= 11 is 0. The van der Waals surface area contributed by atoms with E-state index in [0.29, 0.717) is 32.0 Å². The highest BCUT2D eigenvalue weighted by Gasteiger charge is 2.15. The Hall–Kier alpha value is -2.08. The summed E-state index contributed by atoms with van der Waals surface area (Å²) in [5.74, 6) is -0.911. The van der Waals surface area contributed by atoms with Crippen LogP contribution >= 0.6 is 0 Å². The Morgan fingerprint density at radius 3 is 1.89 bits per heavy atom. The van der Waals surface area contributed by atoms with Crippen molar-refractivity contribution in [2.45, 2.75) is 52.0 Å². The molecule has 0 saturated carbocycles. The van der Waals surface area contributed by atoms with Gasteiger partial charge >= 0.3 is 0 Å². The lowest BCUT2D eigenvalue weighted by Gasteiger charge is -2.19. The third kappa shape index (κ3) is 12.0. The number of amides is 3. The average Bonchev–Trinajstić information content (AvgIpc) is 2.62.